The highest BCUT2D eigenvalue weighted by atomic mass is 18.2. The van der Waals surface area contributed by atoms with Gasteiger partial charge in [0, 0.05) is 6.42 Å². The zero-order valence-corrected chi connectivity index (χ0v) is 16.0. The number of nitrogens with zero attached hydrogens (tertiary/aromatic N) is 2. The lowest BCUT2D eigenvalue weighted by Crippen LogP contribution is -2.42. The number of hydrogen-bond donors (Lipinski definition) is 0. The predicted octanol–water partition coefficient (Wildman–Crippen LogP) is 3.10. The molecule has 2 atom stereocenters. The number of hydrogen-bond acceptors (Lipinski definition) is 6. The number of aliphatic imine (C=N–C) groups is 2. The van der Waals surface area contributed by atoms with Crippen molar-refractivity contribution in [2.75, 3.05) is 14.2 Å². The Hall–Kier alpha value is -2.44. The Labute approximate surface area is 153 Å². The third-order valence-electron chi connectivity index (χ3n) is 4.23. The van der Waals surface area contributed by atoms with Crippen molar-refractivity contribution >= 4 is 18.3 Å². The SMILES string of the molecule is COC1=N[C@@H](Cc2cc(OC=O)c(C)cc2[18F])C(OC)=NC1C(C)(C)C. The second-order valence-corrected chi connectivity index (χ2v) is 7.25. The van der Waals surface area contributed by atoms with Gasteiger partial charge in [-0.15, -0.1) is 0 Å². The molecule has 6 nitrogen and oxygen atoms in total. The summed E-state index contributed by atoms with van der Waals surface area (Å²) in [5.74, 6) is 0.818. The van der Waals surface area contributed by atoms with Gasteiger partial charge in [0.15, 0.2) is 0 Å². The lowest BCUT2D eigenvalue weighted by molar-refractivity contribution is -0.120. The topological polar surface area (TPSA) is 69.5 Å². The number of carbonyl (C=O) groups excluding carboxylic acids is 1. The van der Waals surface area contributed by atoms with Crippen molar-refractivity contribution in [3.05, 3.63) is 29.1 Å². The molecule has 142 valence electrons. The molecule has 0 spiro atoms. The minimum atomic E-state index is -0.519. The largest absolute Gasteiger partial charge is 0.483 e. The Bertz CT molecular complexity index is 738. The van der Waals surface area contributed by atoms with Crippen molar-refractivity contribution in [1.29, 1.82) is 0 Å². The van der Waals surface area contributed by atoms with E-state index in [1.54, 1.807) is 14.0 Å². The first-order valence-electron chi connectivity index (χ1n) is 8.34. The third kappa shape index (κ3) is 4.20. The number of rotatable bonds is 4. The first-order valence-corrected chi connectivity index (χ1v) is 8.34. The first-order chi connectivity index (χ1) is 12.2. The monoisotopic (exact) mass is 363 g/mol. The predicted molar refractivity (Wildman–Crippen MR) is 97.5 cm³/mol. The zero-order chi connectivity index (χ0) is 19.5. The van der Waals surface area contributed by atoms with Crippen LogP contribution in [-0.2, 0) is 20.7 Å². The van der Waals surface area contributed by atoms with Crippen molar-refractivity contribution in [2.45, 2.75) is 46.2 Å². The molecule has 7 heteroatoms. The highest BCUT2D eigenvalue weighted by Gasteiger charge is 2.36. The van der Waals surface area contributed by atoms with E-state index in [0.717, 1.165) is 0 Å². The molecule has 0 radical (unpaired) electrons. The maximum Gasteiger partial charge on any atom is 0.298 e. The van der Waals surface area contributed by atoms with Crippen LogP contribution < -0.4 is 4.74 Å². The average Bonchev–Trinajstić information content (AvgIpc) is 2.57. The Morgan fingerprint density at radius 2 is 1.81 bits per heavy atom. The van der Waals surface area contributed by atoms with E-state index in [4.69, 9.17) is 14.2 Å². The average molecular weight is 363 g/mol. The number of methoxy groups -OCH3 is 2. The van der Waals surface area contributed by atoms with E-state index in [-0.39, 0.29) is 17.9 Å². The van der Waals surface area contributed by atoms with Gasteiger partial charge < -0.3 is 14.2 Å². The van der Waals surface area contributed by atoms with E-state index in [2.05, 4.69) is 9.98 Å². The second kappa shape index (κ2) is 7.85. The molecule has 0 saturated carbocycles. The molecule has 1 aliphatic rings. The second-order valence-electron chi connectivity index (χ2n) is 7.25. The van der Waals surface area contributed by atoms with Crippen LogP contribution in [0.15, 0.2) is 22.1 Å². The number of ether oxygens (including phenoxy) is 3. The fraction of sp³-hybridized carbons (Fsp3) is 0.526. The van der Waals surface area contributed by atoms with Crippen LogP contribution in [0.2, 0.25) is 0 Å². The number of aryl methyl sites for hydroxylation is 1. The normalized spacial score (nSPS) is 20.1. The molecule has 1 aromatic carbocycles. The quantitative estimate of drug-likeness (QED) is 0.771. The van der Waals surface area contributed by atoms with Crippen LogP contribution in [0.4, 0.5) is 4.39 Å². The van der Waals surface area contributed by atoms with Gasteiger partial charge in [0.1, 0.15) is 23.7 Å². The van der Waals surface area contributed by atoms with Crippen molar-refractivity contribution in [3.63, 3.8) is 0 Å². The fourth-order valence-corrected chi connectivity index (χ4v) is 2.84. The Morgan fingerprint density at radius 3 is 2.35 bits per heavy atom. The Morgan fingerprint density at radius 1 is 1.15 bits per heavy atom. The standard InChI is InChI=1S/C19H25FN2O4/c1-11-7-13(20)12(9-15(11)26-10-23)8-14-17(24-5)22-16(19(2,3)4)18(21-14)25-6/h7,9-10,14,16H,8H2,1-6H3/t14-,16?/m0/s1/i20-1. The van der Waals surface area contributed by atoms with Crippen LogP contribution in [0.5, 0.6) is 5.75 Å². The lowest BCUT2D eigenvalue weighted by Gasteiger charge is -2.32. The van der Waals surface area contributed by atoms with Crippen LogP contribution in [0.25, 0.3) is 0 Å². The smallest absolute Gasteiger partial charge is 0.298 e. The fourth-order valence-electron chi connectivity index (χ4n) is 2.84. The summed E-state index contributed by atoms with van der Waals surface area (Å²) in [7, 11) is 3.07. The highest BCUT2D eigenvalue weighted by Crippen LogP contribution is 2.29. The maximum absolute atomic E-state index is 14.4. The van der Waals surface area contributed by atoms with Gasteiger partial charge in [-0.2, -0.15) is 0 Å². The van der Waals surface area contributed by atoms with Gasteiger partial charge in [0.2, 0.25) is 11.8 Å². The summed E-state index contributed by atoms with van der Waals surface area (Å²) < 4.78 is 30.1. The summed E-state index contributed by atoms with van der Waals surface area (Å²) in [6.45, 7) is 8.09. The maximum atomic E-state index is 14.4. The summed E-state index contributed by atoms with van der Waals surface area (Å²) in [6, 6.07) is 2.04. The van der Waals surface area contributed by atoms with E-state index in [0.29, 0.717) is 35.1 Å². The van der Waals surface area contributed by atoms with Gasteiger partial charge >= 0.3 is 0 Å². The lowest BCUT2D eigenvalue weighted by atomic mass is 9.86. The van der Waals surface area contributed by atoms with Crippen molar-refractivity contribution in [2.24, 2.45) is 15.4 Å². The Kier molecular flexibility index (Phi) is 6.00. The van der Waals surface area contributed by atoms with Crippen molar-refractivity contribution in [1.82, 2.24) is 0 Å². The number of carbonyl (C=O) groups is 1. The molecule has 1 aromatic rings. The van der Waals surface area contributed by atoms with Crippen LogP contribution in [0, 0.1) is 18.2 Å². The molecule has 0 fully saturated rings. The van der Waals surface area contributed by atoms with Gasteiger partial charge in [-0.25, -0.2) is 14.4 Å². The van der Waals surface area contributed by atoms with E-state index in [1.807, 2.05) is 20.8 Å². The zero-order valence-electron chi connectivity index (χ0n) is 16.0. The van der Waals surface area contributed by atoms with Crippen LogP contribution in [0.3, 0.4) is 0 Å². The third-order valence-corrected chi connectivity index (χ3v) is 4.23. The van der Waals surface area contributed by atoms with Crippen LogP contribution in [-0.4, -0.2) is 44.6 Å². The Balaban J connectivity index is 2.38. The molecule has 0 aromatic heterocycles. The van der Waals surface area contributed by atoms with Crippen molar-refractivity contribution < 1.29 is 23.4 Å². The van der Waals surface area contributed by atoms with E-state index < -0.39 is 11.9 Å². The first kappa shape index (κ1) is 19.9. The summed E-state index contributed by atoms with van der Waals surface area (Å²) in [6.07, 6.45) is 0.206. The van der Waals surface area contributed by atoms with Crippen LogP contribution in [0.1, 0.15) is 31.9 Å². The molecule has 0 saturated heterocycles. The molecule has 1 unspecified atom stereocenters. The van der Waals surface area contributed by atoms with E-state index in [1.165, 1.54) is 19.2 Å². The summed E-state index contributed by atoms with van der Waals surface area (Å²) in [4.78, 5) is 19.9. The molecule has 0 N–H and O–H groups in total. The number of halogens is 1. The summed E-state index contributed by atoms with van der Waals surface area (Å²) in [5, 5.41) is 0. The molecule has 0 amide bonds. The molecular formula is C19H25FN2O4. The molecule has 1 heterocycles. The van der Waals surface area contributed by atoms with Crippen molar-refractivity contribution in [3.8, 4) is 5.75 Å². The molecule has 26 heavy (non-hydrogen) atoms. The molecule has 1 aliphatic heterocycles. The number of benzene rings is 1. The van der Waals surface area contributed by atoms with Gasteiger partial charge in [-0.3, -0.25) is 4.79 Å². The van der Waals surface area contributed by atoms with E-state index in [9.17, 15) is 9.18 Å². The van der Waals surface area contributed by atoms with Gasteiger partial charge in [0.25, 0.3) is 6.47 Å². The minimum absolute atomic E-state index is 0.205. The van der Waals surface area contributed by atoms with E-state index >= 15 is 0 Å². The van der Waals surface area contributed by atoms with Gasteiger partial charge in [0.05, 0.1) is 14.2 Å². The molecule has 2 rings (SSSR count). The van der Waals surface area contributed by atoms with Gasteiger partial charge in [-0.05, 0) is 35.6 Å². The highest BCUT2D eigenvalue weighted by molar-refractivity contribution is 5.94. The molecular weight excluding hydrogens is 338 g/mol. The summed E-state index contributed by atoms with van der Waals surface area (Å²) in [5.41, 5.74) is 0.691. The molecule has 0 bridgehead atoms. The minimum Gasteiger partial charge on any atom is -0.483 e. The van der Waals surface area contributed by atoms with Gasteiger partial charge in [-0.1, -0.05) is 20.8 Å². The van der Waals surface area contributed by atoms with Crippen LogP contribution >= 0.6 is 0 Å². The summed E-state index contributed by atoms with van der Waals surface area (Å²) >= 11 is 0. The molecule has 0 aliphatic carbocycles.